The van der Waals surface area contributed by atoms with Gasteiger partial charge in [-0.1, -0.05) is 416 Å². The smallest absolute Gasteiger partial charge is 0.0714 e. The van der Waals surface area contributed by atoms with E-state index in [0.717, 1.165) is 0 Å². The average Bonchev–Trinajstić information content (AvgIpc) is 1.54. The number of fused-ring (bicyclic) bond motifs is 18. The molecule has 0 unspecified atom stereocenters. The van der Waals surface area contributed by atoms with Gasteiger partial charge in [-0.05, 0) is 238 Å². The van der Waals surface area contributed by atoms with Gasteiger partial charge in [-0.25, -0.2) is 0 Å². The van der Waals surface area contributed by atoms with Gasteiger partial charge in [0, 0.05) is 49.4 Å². The minimum atomic E-state index is -0.405. The van der Waals surface area contributed by atoms with E-state index in [-0.39, 0.29) is 10.8 Å². The zero-order valence-electron chi connectivity index (χ0n) is 73.4. The van der Waals surface area contributed by atoms with Gasteiger partial charge in [-0.15, -0.1) is 0 Å². The zero-order chi connectivity index (χ0) is 86.7. The molecular weight excluding hydrogens is 1570 g/mol. The van der Waals surface area contributed by atoms with Gasteiger partial charge in [0.1, 0.15) is 0 Å². The van der Waals surface area contributed by atoms with Gasteiger partial charge in [0.15, 0.2) is 0 Å². The quantitative estimate of drug-likeness (QED) is 0.123. The Labute approximate surface area is 760 Å². The molecule has 0 atom stereocenters. The molecule has 0 saturated heterocycles. The van der Waals surface area contributed by atoms with Gasteiger partial charge in [-0.3, -0.25) is 0 Å². The van der Waals surface area contributed by atoms with Gasteiger partial charge in [0.05, 0.1) is 49.3 Å². The van der Waals surface area contributed by atoms with E-state index >= 15 is 0 Å². The third-order valence-corrected chi connectivity index (χ3v) is 29.2. The predicted molar refractivity (Wildman–Crippen MR) is 544 cm³/mol. The molecule has 620 valence electrons. The summed E-state index contributed by atoms with van der Waals surface area (Å²) < 4.78 is 7.29. The van der Waals surface area contributed by atoms with E-state index in [1.54, 1.807) is 0 Å². The van der Waals surface area contributed by atoms with Crippen LogP contribution in [0.1, 0.15) is 137 Å². The Hall–Kier alpha value is -15.4. The summed E-state index contributed by atoms with van der Waals surface area (Å²) in [5.74, 6) is 0.687. The van der Waals surface area contributed by atoms with E-state index in [0.29, 0.717) is 5.92 Å². The average molecular weight is 1670 g/mol. The Morgan fingerprint density at radius 1 is 0.208 bits per heavy atom. The molecule has 0 amide bonds. The van der Waals surface area contributed by atoms with Crippen LogP contribution in [0.4, 0.5) is 0 Å². The maximum atomic E-state index is 2.50. The summed E-state index contributed by atoms with van der Waals surface area (Å²) in [6, 6.07) is 173. The van der Waals surface area contributed by atoms with E-state index in [1.165, 1.54) is 237 Å². The van der Waals surface area contributed by atoms with Crippen LogP contribution in [0.25, 0.3) is 127 Å². The Bertz CT molecular complexity index is 7910. The first kappa shape index (κ1) is 78.1. The highest BCUT2D eigenvalue weighted by atomic mass is 15.0. The molecule has 0 radical (unpaired) electrons. The number of para-hydroxylation sites is 4. The zero-order valence-corrected chi connectivity index (χ0v) is 73.4. The van der Waals surface area contributed by atoms with Crippen molar-refractivity contribution in [1.29, 1.82) is 0 Å². The molecule has 4 aliphatic rings. The first-order valence-electron chi connectivity index (χ1n) is 46.4. The molecule has 19 aromatic carbocycles. The second kappa shape index (κ2) is 31.6. The summed E-state index contributed by atoms with van der Waals surface area (Å²) >= 11 is 0. The molecule has 3 heterocycles. The largest absolute Gasteiger partial charge is 0.309 e. The van der Waals surface area contributed by atoms with Crippen molar-refractivity contribution in [2.75, 3.05) is 0 Å². The Morgan fingerprint density at radius 3 is 0.931 bits per heavy atom. The number of nitrogens with zero attached hydrogens (tertiary/aromatic N) is 3. The number of benzene rings is 19. The van der Waals surface area contributed by atoms with Crippen LogP contribution >= 0.6 is 0 Å². The van der Waals surface area contributed by atoms with Gasteiger partial charge in [0.2, 0.25) is 0 Å². The molecular formula is C127H97N3. The van der Waals surface area contributed by atoms with Crippen LogP contribution in [0.2, 0.25) is 0 Å². The van der Waals surface area contributed by atoms with Crippen LogP contribution in [-0.2, 0) is 21.7 Å². The summed E-state index contributed by atoms with van der Waals surface area (Å²) in [5, 5.41) is 7.86. The highest BCUT2D eigenvalue weighted by Gasteiger charge is 2.49. The van der Waals surface area contributed by atoms with Gasteiger partial charge in [-0.2, -0.15) is 0 Å². The van der Waals surface area contributed by atoms with E-state index in [4.69, 9.17) is 0 Å². The molecule has 26 rings (SSSR count). The Kier molecular flexibility index (Phi) is 19.0. The molecule has 22 aromatic rings. The van der Waals surface area contributed by atoms with E-state index in [1.807, 2.05) is 0 Å². The lowest BCUT2D eigenvalue weighted by molar-refractivity contribution is 0.444. The van der Waals surface area contributed by atoms with E-state index in [2.05, 4.69) is 502 Å². The lowest BCUT2D eigenvalue weighted by Gasteiger charge is -2.34. The fourth-order valence-corrected chi connectivity index (χ4v) is 23.5. The second-order valence-corrected chi connectivity index (χ2v) is 37.0. The van der Waals surface area contributed by atoms with Crippen LogP contribution in [0, 0.1) is 0 Å². The summed E-state index contributed by atoms with van der Waals surface area (Å²) in [7, 11) is 0. The van der Waals surface area contributed by atoms with Crippen molar-refractivity contribution < 1.29 is 0 Å². The monoisotopic (exact) mass is 1660 g/mol. The number of hydrogen-bond acceptors (Lipinski definition) is 0. The minimum absolute atomic E-state index is 0.0959. The molecule has 0 N–H and O–H groups in total. The molecule has 130 heavy (non-hydrogen) atoms. The molecule has 3 aromatic heterocycles. The normalized spacial score (nSPS) is 14.3. The fraction of sp³-hybridized carbons (Fsp3) is 0.102. The van der Waals surface area contributed by atoms with Crippen LogP contribution in [0.3, 0.4) is 0 Å². The van der Waals surface area contributed by atoms with Crippen molar-refractivity contribution in [3.05, 3.63) is 545 Å². The summed E-state index contributed by atoms with van der Waals surface area (Å²) in [5.41, 5.74) is 39.0. The fourth-order valence-electron chi connectivity index (χ4n) is 23.5. The standard InChI is InChI=1S/C43H35N.C43H29N.C41H33N/c1-3-14-30(15-4-1)31-26-27-42-38(28-31)37-22-9-12-25-41(37)44(42)34-19-13-18-33(29-34)43(32-16-5-2-6-17-32)39-23-10-7-20-35(39)36-21-8-11-24-40(36)43;1-2-14-32(15-3-1)43(39-21-8-4-17-35(39)36-18-5-9-22-40(36)43)33-16-12-13-31(29-33)30-25-27-34(28-26-30)44-41-23-10-6-19-37(41)38-20-7-11-24-42(38)44;1-40(2,3)30-23-26-39-35(27-30)34-17-9-12-20-38(34)42(39)31-24-21-29(22-25-31)41(28-13-5-4-6-14-28)36-18-10-7-15-32(36)33-16-8-11-19-37(33)41/h2,5-13,16-30H,1,3-4,14-15H2;1-29H;4-27H,1-3H3. The van der Waals surface area contributed by atoms with Crippen LogP contribution in [-0.4, -0.2) is 13.7 Å². The van der Waals surface area contributed by atoms with Crippen molar-refractivity contribution >= 4 is 65.4 Å². The number of aromatic nitrogens is 3. The maximum absolute atomic E-state index is 2.50. The topological polar surface area (TPSA) is 14.8 Å². The minimum Gasteiger partial charge on any atom is -0.309 e. The molecule has 0 spiro atoms. The van der Waals surface area contributed by atoms with Crippen molar-refractivity contribution in [2.24, 2.45) is 0 Å². The second-order valence-electron chi connectivity index (χ2n) is 37.0. The van der Waals surface area contributed by atoms with Crippen LogP contribution in [0.5, 0.6) is 0 Å². The van der Waals surface area contributed by atoms with Crippen molar-refractivity contribution in [3.63, 3.8) is 0 Å². The van der Waals surface area contributed by atoms with Crippen LogP contribution < -0.4 is 0 Å². The third-order valence-electron chi connectivity index (χ3n) is 29.2. The third kappa shape index (κ3) is 12.2. The molecule has 0 bridgehead atoms. The molecule has 3 heteroatoms. The molecule has 4 aliphatic carbocycles. The Balaban J connectivity index is 0.000000108. The summed E-state index contributed by atoms with van der Waals surface area (Å²) in [6.45, 7) is 6.86. The van der Waals surface area contributed by atoms with Gasteiger partial charge < -0.3 is 13.7 Å². The number of rotatable bonds is 11. The molecule has 0 aliphatic heterocycles. The van der Waals surface area contributed by atoms with Crippen molar-refractivity contribution in [3.8, 4) is 61.6 Å². The molecule has 1 saturated carbocycles. The highest BCUT2D eigenvalue weighted by molar-refractivity contribution is 6.12. The lowest BCUT2D eigenvalue weighted by atomic mass is 9.67. The highest BCUT2D eigenvalue weighted by Crippen LogP contribution is 2.60. The van der Waals surface area contributed by atoms with E-state index < -0.39 is 10.8 Å². The van der Waals surface area contributed by atoms with Crippen molar-refractivity contribution in [1.82, 2.24) is 13.7 Å². The first-order valence-corrected chi connectivity index (χ1v) is 46.4. The van der Waals surface area contributed by atoms with Gasteiger partial charge in [0.25, 0.3) is 0 Å². The van der Waals surface area contributed by atoms with Gasteiger partial charge >= 0.3 is 0 Å². The number of hydrogen-bond donors (Lipinski definition) is 0. The van der Waals surface area contributed by atoms with Crippen molar-refractivity contribution in [2.45, 2.75) is 80.5 Å². The van der Waals surface area contributed by atoms with E-state index in [9.17, 15) is 0 Å². The molecule has 1 fully saturated rings. The predicted octanol–water partition coefficient (Wildman–Crippen LogP) is 32.5. The van der Waals surface area contributed by atoms with Crippen LogP contribution in [0.15, 0.2) is 467 Å². The summed E-state index contributed by atoms with van der Waals surface area (Å²) in [4.78, 5) is 0. The lowest BCUT2D eigenvalue weighted by Crippen LogP contribution is -2.28. The first-order chi connectivity index (χ1) is 64.1. The maximum Gasteiger partial charge on any atom is 0.0714 e. The SMILES string of the molecule is CC(C)(C)c1ccc2c(c1)c1ccccc1n2-c1ccc(C2(c3ccccc3)c3ccccc3-c3ccccc32)cc1.c1ccc(C2(c3cccc(-c4ccc(-n5c6ccccc6c6ccccc65)cc4)c3)c3ccccc3-c3ccccc32)cc1.c1ccc(C2(c3cccc(-n4c5ccccc5c5cc(C6CCCCC6)ccc54)c3)c3ccccc3-c3ccccc32)cc1. The molecule has 3 nitrogen and oxygen atoms in total. The Morgan fingerprint density at radius 2 is 0.515 bits per heavy atom. The summed E-state index contributed by atoms with van der Waals surface area (Å²) in [6.07, 6.45) is 6.72.